The van der Waals surface area contributed by atoms with Crippen LogP contribution in [0.1, 0.15) is 44.1 Å². The molecule has 1 aromatic rings. The highest BCUT2D eigenvalue weighted by molar-refractivity contribution is 5.72. The molecule has 1 saturated carbocycles. The summed E-state index contributed by atoms with van der Waals surface area (Å²) in [6.07, 6.45) is 7.02. The summed E-state index contributed by atoms with van der Waals surface area (Å²) in [6.45, 7) is 3.85. The Morgan fingerprint density at radius 2 is 1.74 bits per heavy atom. The van der Waals surface area contributed by atoms with Crippen molar-refractivity contribution in [2.24, 2.45) is 11.8 Å². The van der Waals surface area contributed by atoms with Gasteiger partial charge in [-0.15, -0.1) is 0 Å². The molecule has 0 aromatic heterocycles. The predicted molar refractivity (Wildman–Crippen MR) is 91.7 cm³/mol. The van der Waals surface area contributed by atoms with Crippen LogP contribution in [0.4, 0.5) is 0 Å². The first-order chi connectivity index (χ1) is 11.1. The van der Waals surface area contributed by atoms with E-state index < -0.39 is 0 Å². The van der Waals surface area contributed by atoms with Gasteiger partial charge in [0, 0.05) is 18.4 Å². The zero-order chi connectivity index (χ0) is 16.1. The third-order valence-electron chi connectivity index (χ3n) is 5.71. The number of carbonyl (C=O) groups excluding carboxylic acids is 1. The van der Waals surface area contributed by atoms with Crippen LogP contribution in [0.3, 0.4) is 0 Å². The molecule has 2 aliphatic rings. The Balaban J connectivity index is 1.44. The smallest absolute Gasteiger partial charge is 0.309 e. The fourth-order valence-electron chi connectivity index (χ4n) is 4.10. The quantitative estimate of drug-likeness (QED) is 0.610. The molecule has 0 radical (unpaired) electrons. The monoisotopic (exact) mass is 316 g/mol. The minimum absolute atomic E-state index is 0.0582. The van der Waals surface area contributed by atoms with Crippen LogP contribution in [-0.2, 0) is 16.1 Å². The number of piperidine rings is 1. The van der Waals surface area contributed by atoms with Crippen molar-refractivity contribution in [2.45, 2.75) is 45.1 Å². The van der Waals surface area contributed by atoms with Gasteiger partial charge in [0.05, 0.1) is 32.7 Å². The van der Waals surface area contributed by atoms with Crippen LogP contribution in [-0.4, -0.2) is 37.2 Å². The Morgan fingerprint density at radius 3 is 2.39 bits per heavy atom. The number of rotatable bonds is 5. The summed E-state index contributed by atoms with van der Waals surface area (Å²) in [6, 6.07) is 10.7. The highest BCUT2D eigenvalue weighted by Crippen LogP contribution is 2.28. The predicted octanol–water partition coefficient (Wildman–Crippen LogP) is 3.78. The molecule has 1 aliphatic carbocycles. The molecule has 3 heteroatoms. The topological polar surface area (TPSA) is 26.3 Å². The Hall–Kier alpha value is -1.35. The van der Waals surface area contributed by atoms with Crippen molar-refractivity contribution in [1.82, 2.24) is 0 Å². The number of ether oxygens (including phenoxy) is 1. The van der Waals surface area contributed by atoms with E-state index in [0.29, 0.717) is 12.5 Å². The van der Waals surface area contributed by atoms with Gasteiger partial charge in [0.2, 0.25) is 0 Å². The van der Waals surface area contributed by atoms with Crippen LogP contribution in [0.15, 0.2) is 30.3 Å². The molecular weight excluding hydrogens is 286 g/mol. The maximum absolute atomic E-state index is 12.3. The molecule has 3 rings (SSSR count). The van der Waals surface area contributed by atoms with E-state index in [2.05, 4.69) is 37.4 Å². The lowest BCUT2D eigenvalue weighted by atomic mass is 9.94. The summed E-state index contributed by atoms with van der Waals surface area (Å²) in [5, 5.41) is 0. The van der Waals surface area contributed by atoms with E-state index in [1.54, 1.807) is 0 Å². The molecule has 0 N–H and O–H groups in total. The highest BCUT2D eigenvalue weighted by atomic mass is 16.5. The summed E-state index contributed by atoms with van der Waals surface area (Å²) >= 11 is 0. The number of quaternary nitrogens is 1. The van der Waals surface area contributed by atoms with Crippen LogP contribution in [0.5, 0.6) is 0 Å². The van der Waals surface area contributed by atoms with Gasteiger partial charge in [-0.2, -0.15) is 0 Å². The Labute approximate surface area is 140 Å². The van der Waals surface area contributed by atoms with Crippen molar-refractivity contribution < 1.29 is 14.0 Å². The van der Waals surface area contributed by atoms with Crippen LogP contribution in [0.2, 0.25) is 0 Å². The van der Waals surface area contributed by atoms with Crippen molar-refractivity contribution in [3.63, 3.8) is 0 Å². The summed E-state index contributed by atoms with van der Waals surface area (Å²) in [5.74, 6) is 0.808. The van der Waals surface area contributed by atoms with E-state index >= 15 is 0 Å². The SMILES string of the molecule is C[N+]1(Cc2ccccc2)CCC(C(=O)OCC2CCCC2)CC1. The Kier molecular flexibility index (Phi) is 5.37. The number of likely N-dealkylation sites (tertiary alicyclic amines) is 1. The molecule has 2 fully saturated rings. The average molecular weight is 316 g/mol. The second-order valence-electron chi connectivity index (χ2n) is 7.77. The molecular formula is C20H30NO2+. The molecule has 0 amide bonds. The van der Waals surface area contributed by atoms with Crippen molar-refractivity contribution in [1.29, 1.82) is 0 Å². The molecule has 0 atom stereocenters. The fraction of sp³-hybridized carbons (Fsp3) is 0.650. The van der Waals surface area contributed by atoms with Crippen LogP contribution in [0.25, 0.3) is 0 Å². The number of hydrogen-bond acceptors (Lipinski definition) is 2. The van der Waals surface area contributed by atoms with E-state index in [1.807, 2.05) is 0 Å². The first kappa shape index (κ1) is 16.5. The number of carbonyl (C=O) groups is 1. The third kappa shape index (κ3) is 4.57. The summed E-state index contributed by atoms with van der Waals surface area (Å²) in [7, 11) is 2.31. The highest BCUT2D eigenvalue weighted by Gasteiger charge is 2.34. The van der Waals surface area contributed by atoms with Crippen LogP contribution >= 0.6 is 0 Å². The molecule has 0 unspecified atom stereocenters. The van der Waals surface area contributed by atoms with Gasteiger partial charge < -0.3 is 9.22 Å². The van der Waals surface area contributed by atoms with E-state index in [4.69, 9.17) is 4.74 Å². The molecule has 126 valence electrons. The zero-order valence-electron chi connectivity index (χ0n) is 14.4. The Bertz CT molecular complexity index is 500. The van der Waals surface area contributed by atoms with Crippen molar-refractivity contribution in [3.8, 4) is 0 Å². The van der Waals surface area contributed by atoms with Gasteiger partial charge in [0.25, 0.3) is 0 Å². The second kappa shape index (κ2) is 7.48. The lowest BCUT2D eigenvalue weighted by Crippen LogP contribution is -2.50. The van der Waals surface area contributed by atoms with Crippen LogP contribution < -0.4 is 0 Å². The Morgan fingerprint density at radius 1 is 1.09 bits per heavy atom. The molecule has 3 nitrogen and oxygen atoms in total. The van der Waals surface area contributed by atoms with Gasteiger partial charge in [-0.05, 0) is 18.8 Å². The number of benzene rings is 1. The van der Waals surface area contributed by atoms with Gasteiger partial charge in [-0.1, -0.05) is 43.2 Å². The molecule has 0 spiro atoms. The standard InChI is InChI=1S/C20H30NO2/c1-21(15-17-7-3-2-4-8-17)13-11-19(12-14-21)20(22)23-16-18-9-5-6-10-18/h2-4,7-8,18-19H,5-6,9-16H2,1H3/q+1. The summed E-state index contributed by atoms with van der Waals surface area (Å²) < 4.78 is 6.64. The molecule has 1 aliphatic heterocycles. The molecule has 1 heterocycles. The molecule has 1 saturated heterocycles. The van der Waals surface area contributed by atoms with Gasteiger partial charge in [-0.3, -0.25) is 4.79 Å². The van der Waals surface area contributed by atoms with Crippen molar-refractivity contribution in [2.75, 3.05) is 26.7 Å². The van der Waals surface area contributed by atoms with E-state index in [0.717, 1.165) is 37.0 Å². The van der Waals surface area contributed by atoms with Gasteiger partial charge in [0.15, 0.2) is 0 Å². The van der Waals surface area contributed by atoms with E-state index in [1.165, 1.54) is 31.2 Å². The summed E-state index contributed by atoms with van der Waals surface area (Å²) in [5.41, 5.74) is 1.39. The number of esters is 1. The largest absolute Gasteiger partial charge is 0.465 e. The normalized spacial score (nSPS) is 28.7. The third-order valence-corrected chi connectivity index (χ3v) is 5.71. The average Bonchev–Trinajstić information content (AvgIpc) is 3.07. The molecule has 0 bridgehead atoms. The minimum Gasteiger partial charge on any atom is -0.465 e. The summed E-state index contributed by atoms with van der Waals surface area (Å²) in [4.78, 5) is 12.3. The number of hydrogen-bond donors (Lipinski definition) is 0. The van der Waals surface area contributed by atoms with Gasteiger partial charge in [0.1, 0.15) is 6.54 Å². The number of nitrogens with zero attached hydrogens (tertiary/aromatic N) is 1. The first-order valence-electron chi connectivity index (χ1n) is 9.19. The minimum atomic E-state index is 0.0582. The molecule has 1 aromatic carbocycles. The lowest BCUT2D eigenvalue weighted by Gasteiger charge is -2.40. The van der Waals surface area contributed by atoms with Gasteiger partial charge in [-0.25, -0.2) is 0 Å². The molecule has 23 heavy (non-hydrogen) atoms. The zero-order valence-corrected chi connectivity index (χ0v) is 14.4. The van der Waals surface area contributed by atoms with Crippen LogP contribution in [0, 0.1) is 11.8 Å². The lowest BCUT2D eigenvalue weighted by molar-refractivity contribution is -0.927. The maximum Gasteiger partial charge on any atom is 0.309 e. The van der Waals surface area contributed by atoms with Crippen molar-refractivity contribution in [3.05, 3.63) is 35.9 Å². The van der Waals surface area contributed by atoms with E-state index in [-0.39, 0.29) is 11.9 Å². The fourth-order valence-corrected chi connectivity index (χ4v) is 4.10. The second-order valence-corrected chi connectivity index (χ2v) is 7.77. The van der Waals surface area contributed by atoms with Gasteiger partial charge >= 0.3 is 5.97 Å². The van der Waals surface area contributed by atoms with E-state index in [9.17, 15) is 4.79 Å². The van der Waals surface area contributed by atoms with Crippen molar-refractivity contribution >= 4 is 5.97 Å². The first-order valence-corrected chi connectivity index (χ1v) is 9.19. The maximum atomic E-state index is 12.3.